The van der Waals surface area contributed by atoms with Crippen LogP contribution in [0.25, 0.3) is 27.7 Å². The van der Waals surface area contributed by atoms with E-state index in [2.05, 4.69) is 41.5 Å². The number of carbonyl (C=O) groups excluding carboxylic acids is 1. The van der Waals surface area contributed by atoms with Crippen LogP contribution in [0, 0.1) is 6.92 Å². The maximum Gasteiger partial charge on any atom is 0.249 e. The lowest BCUT2D eigenvalue weighted by molar-refractivity contribution is -0.111. The van der Waals surface area contributed by atoms with Crippen molar-refractivity contribution in [1.82, 2.24) is 4.98 Å². The van der Waals surface area contributed by atoms with E-state index in [0.717, 1.165) is 33.2 Å². The molecule has 0 aliphatic heterocycles. The minimum atomic E-state index is -0.246. The Morgan fingerprint density at radius 1 is 1.16 bits per heavy atom. The van der Waals surface area contributed by atoms with Crippen LogP contribution in [0.1, 0.15) is 25.0 Å². The molecule has 1 N–H and O–H groups in total. The first-order chi connectivity index (χ1) is 15.0. The van der Waals surface area contributed by atoms with Crippen molar-refractivity contribution in [2.45, 2.75) is 20.8 Å². The number of hydrogen-bond donors (Lipinski definition) is 1. The third kappa shape index (κ3) is 4.51. The summed E-state index contributed by atoms with van der Waals surface area (Å²) in [6.45, 7) is 6.40. The number of nitrogens with one attached hydrogen (secondary N) is 1. The molecule has 0 spiro atoms. The van der Waals surface area contributed by atoms with Gasteiger partial charge in [-0.05, 0) is 50.1 Å². The Bertz CT molecular complexity index is 1240. The molecule has 0 radical (unpaired) electrons. The van der Waals surface area contributed by atoms with Gasteiger partial charge >= 0.3 is 0 Å². The first-order valence-electron chi connectivity index (χ1n) is 10.2. The van der Waals surface area contributed by atoms with E-state index >= 15 is 0 Å². The fourth-order valence-corrected chi connectivity index (χ4v) is 3.47. The fourth-order valence-electron chi connectivity index (χ4n) is 3.47. The molecule has 0 saturated carbocycles. The fraction of sp³-hybridized carbons (Fsp3) is 0.154. The van der Waals surface area contributed by atoms with Crippen molar-refractivity contribution in [3.63, 3.8) is 0 Å². The quantitative estimate of drug-likeness (QED) is 0.381. The molecule has 0 aliphatic carbocycles. The summed E-state index contributed by atoms with van der Waals surface area (Å²) in [6.07, 6.45) is 4.96. The largest absolute Gasteiger partial charge is 0.493 e. The van der Waals surface area contributed by atoms with Crippen LogP contribution < -0.4 is 10.1 Å². The minimum Gasteiger partial charge on any atom is -0.493 e. The Hall–Kier alpha value is -3.86. The number of fused-ring (bicyclic) bond motifs is 1. The van der Waals surface area contributed by atoms with Crippen molar-refractivity contribution in [3.8, 4) is 16.9 Å². The van der Waals surface area contributed by atoms with E-state index in [4.69, 9.17) is 9.15 Å². The van der Waals surface area contributed by atoms with E-state index < -0.39 is 0 Å². The van der Waals surface area contributed by atoms with E-state index in [0.29, 0.717) is 18.2 Å². The van der Waals surface area contributed by atoms with Crippen molar-refractivity contribution >= 4 is 28.3 Å². The number of pyridine rings is 1. The summed E-state index contributed by atoms with van der Waals surface area (Å²) in [6, 6.07) is 17.6. The van der Waals surface area contributed by atoms with Crippen LogP contribution >= 0.6 is 0 Å². The molecule has 2 aromatic carbocycles. The third-order valence-electron chi connectivity index (χ3n) is 5.03. The first-order valence-corrected chi connectivity index (χ1v) is 10.2. The molecule has 1 amide bonds. The van der Waals surface area contributed by atoms with Gasteiger partial charge in [0.15, 0.2) is 0 Å². The Balaban J connectivity index is 1.74. The van der Waals surface area contributed by atoms with Gasteiger partial charge in [0.25, 0.3) is 0 Å². The van der Waals surface area contributed by atoms with E-state index in [1.54, 1.807) is 30.7 Å². The number of allylic oxidation sites excluding steroid dienone is 1. The van der Waals surface area contributed by atoms with Gasteiger partial charge in [0.2, 0.25) is 5.91 Å². The molecule has 2 heterocycles. The van der Waals surface area contributed by atoms with Gasteiger partial charge in [0.05, 0.1) is 12.9 Å². The summed E-state index contributed by atoms with van der Waals surface area (Å²) >= 11 is 0. The lowest BCUT2D eigenvalue weighted by Gasteiger charge is -2.12. The van der Waals surface area contributed by atoms with E-state index in [1.807, 2.05) is 32.0 Å². The molecule has 0 atom stereocenters. The molecule has 0 bridgehead atoms. The zero-order valence-corrected chi connectivity index (χ0v) is 17.8. The van der Waals surface area contributed by atoms with Gasteiger partial charge in [-0.15, -0.1) is 0 Å². The van der Waals surface area contributed by atoms with Gasteiger partial charge in [-0.2, -0.15) is 0 Å². The molecule has 0 fully saturated rings. The topological polar surface area (TPSA) is 64.4 Å². The number of hydrogen-bond acceptors (Lipinski definition) is 4. The second-order valence-electron chi connectivity index (χ2n) is 7.32. The molecule has 156 valence electrons. The van der Waals surface area contributed by atoms with Crippen LogP contribution in [-0.2, 0) is 4.79 Å². The van der Waals surface area contributed by atoms with Crippen molar-refractivity contribution in [2.75, 3.05) is 11.9 Å². The highest BCUT2D eigenvalue weighted by atomic mass is 16.5. The summed E-state index contributed by atoms with van der Waals surface area (Å²) in [5.41, 5.74) is 5.66. The maximum absolute atomic E-state index is 12.5. The van der Waals surface area contributed by atoms with Crippen LogP contribution in [0.15, 0.2) is 77.6 Å². The standard InChI is InChI=1S/C26H24N2O3/c1-4-30-23-15-24-21(22(16-31-24)19-10-8-17(2)9-11-19)14-20(23)18(3)13-26(29)28-25-7-5-6-12-27-25/h5-16H,4H2,1-3H3,(H,27,28,29)/b18-13+. The molecule has 0 saturated heterocycles. The Labute approximate surface area is 181 Å². The average Bonchev–Trinajstić information content (AvgIpc) is 3.17. The van der Waals surface area contributed by atoms with Crippen molar-refractivity contribution in [2.24, 2.45) is 0 Å². The van der Waals surface area contributed by atoms with Crippen molar-refractivity contribution in [1.29, 1.82) is 0 Å². The highest BCUT2D eigenvalue weighted by Gasteiger charge is 2.15. The van der Waals surface area contributed by atoms with E-state index in [-0.39, 0.29) is 5.91 Å². The monoisotopic (exact) mass is 412 g/mol. The number of aromatic nitrogens is 1. The number of ether oxygens (including phenoxy) is 1. The number of carbonyl (C=O) groups is 1. The third-order valence-corrected chi connectivity index (χ3v) is 5.03. The zero-order valence-electron chi connectivity index (χ0n) is 17.8. The van der Waals surface area contributed by atoms with Gasteiger partial charge in [-0.3, -0.25) is 4.79 Å². The number of nitrogens with zero attached hydrogens (tertiary/aromatic N) is 1. The van der Waals surface area contributed by atoms with Crippen molar-refractivity contribution < 1.29 is 13.9 Å². The Kier molecular flexibility index (Phi) is 5.85. The molecule has 31 heavy (non-hydrogen) atoms. The molecule has 0 unspecified atom stereocenters. The van der Waals surface area contributed by atoms with Crippen LogP contribution in [0.5, 0.6) is 5.75 Å². The van der Waals surface area contributed by atoms with Gasteiger partial charge < -0.3 is 14.5 Å². The van der Waals surface area contributed by atoms with Gasteiger partial charge in [-0.1, -0.05) is 35.9 Å². The lowest BCUT2D eigenvalue weighted by atomic mass is 9.99. The Morgan fingerprint density at radius 2 is 1.97 bits per heavy atom. The molecular formula is C26H24N2O3. The molecular weight excluding hydrogens is 388 g/mol. The van der Waals surface area contributed by atoms with Crippen molar-refractivity contribution in [3.05, 3.63) is 84.3 Å². The predicted octanol–water partition coefficient (Wildman–Crippen LogP) is 6.24. The molecule has 2 aromatic heterocycles. The molecule has 0 aliphatic rings. The molecule has 4 rings (SSSR count). The van der Waals surface area contributed by atoms with Gasteiger partial charge in [0.1, 0.15) is 17.2 Å². The number of benzene rings is 2. The lowest BCUT2D eigenvalue weighted by Crippen LogP contribution is -2.09. The highest BCUT2D eigenvalue weighted by Crippen LogP contribution is 2.37. The molecule has 5 heteroatoms. The number of aryl methyl sites for hydroxylation is 1. The minimum absolute atomic E-state index is 0.246. The van der Waals surface area contributed by atoms with Gasteiger partial charge in [-0.25, -0.2) is 4.98 Å². The van der Waals surface area contributed by atoms with Crippen LogP contribution in [0.4, 0.5) is 5.82 Å². The number of rotatable bonds is 6. The summed E-state index contributed by atoms with van der Waals surface area (Å²) in [5, 5.41) is 3.76. The molecule has 5 nitrogen and oxygen atoms in total. The van der Waals surface area contributed by atoms with Crippen LogP contribution in [0.2, 0.25) is 0 Å². The predicted molar refractivity (Wildman–Crippen MR) is 124 cm³/mol. The summed E-state index contributed by atoms with van der Waals surface area (Å²) in [7, 11) is 0. The summed E-state index contributed by atoms with van der Waals surface area (Å²) in [4.78, 5) is 16.6. The van der Waals surface area contributed by atoms with E-state index in [9.17, 15) is 4.79 Å². The highest BCUT2D eigenvalue weighted by molar-refractivity contribution is 6.05. The van der Waals surface area contributed by atoms with Crippen LogP contribution in [0.3, 0.4) is 0 Å². The second-order valence-corrected chi connectivity index (χ2v) is 7.32. The number of amides is 1. The summed E-state index contributed by atoms with van der Waals surface area (Å²) < 4.78 is 11.7. The van der Waals surface area contributed by atoms with Crippen LogP contribution in [-0.4, -0.2) is 17.5 Å². The average molecular weight is 412 g/mol. The number of anilines is 1. The zero-order chi connectivity index (χ0) is 21.8. The number of furan rings is 1. The van der Waals surface area contributed by atoms with Gasteiger partial charge in [0, 0.05) is 34.9 Å². The Morgan fingerprint density at radius 3 is 2.68 bits per heavy atom. The maximum atomic E-state index is 12.5. The SMILES string of the molecule is CCOc1cc2occ(-c3ccc(C)cc3)c2cc1/C(C)=C/C(=O)Nc1ccccn1. The van der Waals surface area contributed by atoms with E-state index in [1.165, 1.54) is 5.56 Å². The molecule has 4 aromatic rings. The smallest absolute Gasteiger partial charge is 0.249 e. The first kappa shape index (κ1) is 20.4. The second kappa shape index (κ2) is 8.88. The summed E-state index contributed by atoms with van der Waals surface area (Å²) in [5.74, 6) is 0.942. The normalized spacial score (nSPS) is 11.5.